The topological polar surface area (TPSA) is 93.3 Å². The van der Waals surface area contributed by atoms with Crippen LogP contribution < -0.4 is 16.3 Å². The summed E-state index contributed by atoms with van der Waals surface area (Å²) in [5, 5.41) is 9.41. The molecular weight excluding hydrogens is 425 g/mol. The molecule has 0 unspecified atom stereocenters. The average Bonchev–Trinajstić information content (AvgIpc) is 3.02. The average molecular weight is 442 g/mol. The van der Waals surface area contributed by atoms with Crippen LogP contribution in [0.4, 0.5) is 30.5 Å². The molecule has 2 aromatic carbocycles. The maximum Gasteiger partial charge on any atom is 0.353 e. The van der Waals surface area contributed by atoms with Gasteiger partial charge in [0.1, 0.15) is 12.4 Å². The normalized spacial score (nSPS) is 11.0. The number of aryl methyl sites for hydroxylation is 2. The largest absolute Gasteiger partial charge is 0.353 e. The lowest BCUT2D eigenvalue weighted by molar-refractivity contribution is -0.117. The number of fused-ring (bicyclic) bond motifs is 1. The zero-order chi connectivity index (χ0) is 23.0. The Morgan fingerprint density at radius 3 is 2.41 bits per heavy atom. The summed E-state index contributed by atoms with van der Waals surface area (Å²) in [5.74, 6) is -3.15. The molecule has 0 atom stereocenters. The van der Waals surface area contributed by atoms with E-state index < -0.39 is 35.6 Å². The van der Waals surface area contributed by atoms with E-state index in [1.54, 1.807) is 32.0 Å². The van der Waals surface area contributed by atoms with Crippen LogP contribution in [0.1, 0.15) is 11.3 Å². The van der Waals surface area contributed by atoms with E-state index in [0.29, 0.717) is 16.9 Å². The van der Waals surface area contributed by atoms with Gasteiger partial charge in [0.25, 0.3) is 0 Å². The first-order chi connectivity index (χ1) is 15.2. The van der Waals surface area contributed by atoms with Gasteiger partial charge in [-0.05, 0) is 43.7 Å². The Morgan fingerprint density at radius 1 is 0.969 bits per heavy atom. The third kappa shape index (κ3) is 4.17. The van der Waals surface area contributed by atoms with Crippen LogP contribution in [0.2, 0.25) is 0 Å². The van der Waals surface area contributed by atoms with E-state index in [0.717, 1.165) is 21.2 Å². The van der Waals surface area contributed by atoms with E-state index in [2.05, 4.69) is 20.7 Å². The minimum absolute atomic E-state index is 0.0342. The lowest BCUT2D eigenvalue weighted by Crippen LogP contribution is -2.29. The number of anilines is 3. The van der Waals surface area contributed by atoms with Gasteiger partial charge in [-0.1, -0.05) is 6.07 Å². The number of amides is 1. The first-order valence-corrected chi connectivity index (χ1v) is 9.46. The van der Waals surface area contributed by atoms with E-state index in [1.807, 2.05) is 0 Å². The van der Waals surface area contributed by atoms with Gasteiger partial charge in [-0.25, -0.2) is 32.0 Å². The maximum atomic E-state index is 13.9. The van der Waals surface area contributed by atoms with Crippen LogP contribution in [0.25, 0.3) is 5.65 Å². The highest BCUT2D eigenvalue weighted by molar-refractivity contribution is 5.90. The van der Waals surface area contributed by atoms with Gasteiger partial charge in [0.15, 0.2) is 17.3 Å². The summed E-state index contributed by atoms with van der Waals surface area (Å²) in [6.45, 7) is 2.85. The number of benzene rings is 2. The van der Waals surface area contributed by atoms with Crippen molar-refractivity contribution in [3.05, 3.63) is 81.7 Å². The Bertz CT molecular complexity index is 1410. The Labute approximate surface area is 179 Å². The second-order valence-corrected chi connectivity index (χ2v) is 7.12. The summed E-state index contributed by atoms with van der Waals surface area (Å²) in [4.78, 5) is 29.5. The van der Waals surface area contributed by atoms with Gasteiger partial charge in [-0.3, -0.25) is 4.79 Å². The van der Waals surface area contributed by atoms with Crippen LogP contribution in [0.5, 0.6) is 0 Å². The van der Waals surface area contributed by atoms with E-state index in [4.69, 9.17) is 0 Å². The number of carbonyl (C=O) groups excluding carboxylic acids is 1. The molecule has 4 rings (SSSR count). The summed E-state index contributed by atoms with van der Waals surface area (Å²) >= 11 is 0. The Morgan fingerprint density at radius 2 is 1.69 bits per heavy atom. The number of hydrogen-bond acceptors (Lipinski definition) is 5. The van der Waals surface area contributed by atoms with Gasteiger partial charge in [-0.15, -0.1) is 5.10 Å². The van der Waals surface area contributed by atoms with Crippen molar-refractivity contribution in [2.45, 2.75) is 20.4 Å². The van der Waals surface area contributed by atoms with Crippen molar-refractivity contribution in [3.8, 4) is 0 Å². The summed E-state index contributed by atoms with van der Waals surface area (Å²) in [6.07, 6.45) is 0. The van der Waals surface area contributed by atoms with E-state index in [1.165, 1.54) is 12.1 Å². The van der Waals surface area contributed by atoms with E-state index >= 15 is 0 Å². The highest BCUT2D eigenvalue weighted by Crippen LogP contribution is 2.19. The fourth-order valence-electron chi connectivity index (χ4n) is 3.05. The quantitative estimate of drug-likeness (QED) is 0.495. The summed E-state index contributed by atoms with van der Waals surface area (Å²) in [6, 6.07) is 8.94. The summed E-state index contributed by atoms with van der Waals surface area (Å²) in [5.41, 5.74) is 0.974. The molecule has 0 spiro atoms. The third-order valence-corrected chi connectivity index (χ3v) is 4.62. The fraction of sp³-hybridized carbons (Fsp3) is 0.143. The minimum Gasteiger partial charge on any atom is -0.325 e. The lowest BCUT2D eigenvalue weighted by atomic mass is 10.2. The molecule has 0 saturated heterocycles. The number of hydrogen-bond donors (Lipinski definition) is 2. The zero-order valence-corrected chi connectivity index (χ0v) is 17.0. The van der Waals surface area contributed by atoms with Crippen molar-refractivity contribution in [3.63, 3.8) is 0 Å². The van der Waals surface area contributed by atoms with Crippen molar-refractivity contribution >= 4 is 28.9 Å². The van der Waals surface area contributed by atoms with E-state index in [9.17, 15) is 22.8 Å². The molecule has 11 heteroatoms. The van der Waals surface area contributed by atoms with Crippen molar-refractivity contribution in [2.75, 3.05) is 10.6 Å². The first-order valence-electron chi connectivity index (χ1n) is 9.46. The maximum absolute atomic E-state index is 13.9. The number of carbonyl (C=O) groups is 1. The van der Waals surface area contributed by atoms with Crippen molar-refractivity contribution in [1.29, 1.82) is 0 Å². The molecule has 32 heavy (non-hydrogen) atoms. The van der Waals surface area contributed by atoms with E-state index in [-0.39, 0.29) is 17.3 Å². The van der Waals surface area contributed by atoms with Gasteiger partial charge in [0, 0.05) is 29.2 Å². The number of aromatic nitrogens is 4. The smallest absolute Gasteiger partial charge is 0.325 e. The molecule has 0 radical (unpaired) electrons. The monoisotopic (exact) mass is 442 g/mol. The molecule has 2 N–H and O–H groups in total. The minimum atomic E-state index is -1.11. The number of halogens is 3. The standard InChI is InChI=1S/C21H17F3N6O2/c1-11-3-4-14(8-16(11)23)27-20-25-12(2)7-18-28-29(21(32)30(18)20)10-19(31)26-13-5-6-15(22)17(24)9-13/h3-9H,10H2,1-2H3,(H,25,27)(H,26,31). The molecule has 2 aromatic heterocycles. The fourth-order valence-corrected chi connectivity index (χ4v) is 3.05. The molecule has 164 valence electrons. The summed E-state index contributed by atoms with van der Waals surface area (Å²) < 4.78 is 42.3. The van der Waals surface area contributed by atoms with Crippen molar-refractivity contribution < 1.29 is 18.0 Å². The predicted molar refractivity (Wildman–Crippen MR) is 111 cm³/mol. The molecule has 2 heterocycles. The van der Waals surface area contributed by atoms with Crippen LogP contribution in [0, 0.1) is 31.3 Å². The van der Waals surface area contributed by atoms with Crippen LogP contribution in [0.3, 0.4) is 0 Å². The highest BCUT2D eigenvalue weighted by Gasteiger charge is 2.16. The van der Waals surface area contributed by atoms with Gasteiger partial charge in [0.2, 0.25) is 11.9 Å². The Balaban J connectivity index is 1.63. The summed E-state index contributed by atoms with van der Waals surface area (Å²) in [7, 11) is 0. The molecule has 0 fully saturated rings. The second kappa shape index (κ2) is 8.17. The Hall–Kier alpha value is -4.15. The molecule has 8 nitrogen and oxygen atoms in total. The zero-order valence-electron chi connectivity index (χ0n) is 17.0. The molecule has 4 aromatic rings. The van der Waals surface area contributed by atoms with Crippen molar-refractivity contribution in [2.24, 2.45) is 0 Å². The Kier molecular flexibility index (Phi) is 5.39. The van der Waals surface area contributed by atoms with Gasteiger partial charge < -0.3 is 10.6 Å². The van der Waals surface area contributed by atoms with Gasteiger partial charge in [0.05, 0.1) is 0 Å². The molecule has 0 bridgehead atoms. The molecule has 0 aliphatic carbocycles. The van der Waals surface area contributed by atoms with Crippen LogP contribution in [-0.4, -0.2) is 25.1 Å². The lowest BCUT2D eigenvalue weighted by Gasteiger charge is -2.08. The number of rotatable bonds is 5. The first kappa shape index (κ1) is 21.1. The number of nitrogens with zero attached hydrogens (tertiary/aromatic N) is 4. The third-order valence-electron chi connectivity index (χ3n) is 4.62. The van der Waals surface area contributed by atoms with Gasteiger partial charge >= 0.3 is 5.69 Å². The molecular formula is C21H17F3N6O2. The predicted octanol–water partition coefficient (Wildman–Crippen LogP) is 3.31. The van der Waals surface area contributed by atoms with Crippen LogP contribution >= 0.6 is 0 Å². The molecule has 0 aliphatic rings. The molecule has 1 amide bonds. The SMILES string of the molecule is Cc1cc2nn(CC(=O)Nc3ccc(F)c(F)c3)c(=O)n2c(Nc2ccc(C)c(F)c2)n1. The highest BCUT2D eigenvalue weighted by atomic mass is 19.2. The van der Waals surface area contributed by atoms with Crippen molar-refractivity contribution in [1.82, 2.24) is 19.2 Å². The van der Waals surface area contributed by atoms with Crippen LogP contribution in [0.15, 0.2) is 47.3 Å². The number of nitrogens with one attached hydrogen (secondary N) is 2. The molecule has 0 aliphatic heterocycles. The van der Waals surface area contributed by atoms with Crippen LogP contribution in [-0.2, 0) is 11.3 Å². The second-order valence-electron chi connectivity index (χ2n) is 7.12. The van der Waals surface area contributed by atoms with Gasteiger partial charge in [-0.2, -0.15) is 0 Å². The molecule has 0 saturated carbocycles.